The summed E-state index contributed by atoms with van der Waals surface area (Å²) >= 11 is 0. The molecule has 1 heterocycles. The maximum Gasteiger partial charge on any atom is 0.309 e. The Morgan fingerprint density at radius 2 is 1.88 bits per heavy atom. The minimum atomic E-state index is -3.60. The average molecular weight is 489 g/mol. The number of carbonyl (C=O) groups is 1. The van der Waals surface area contributed by atoms with Crippen LogP contribution in [0.3, 0.4) is 0 Å². The second-order valence-corrected chi connectivity index (χ2v) is 9.48. The van der Waals surface area contributed by atoms with Gasteiger partial charge in [-0.3, -0.25) is 4.79 Å². The first-order chi connectivity index (χ1) is 16.2. The fourth-order valence-corrected chi connectivity index (χ4v) is 3.68. The third-order valence-electron chi connectivity index (χ3n) is 4.91. The molecule has 182 valence electrons. The molecule has 2 aromatic carbocycles. The molecular weight excluding hydrogens is 460 g/mol. The molecule has 1 aromatic heterocycles. The number of ether oxygens (including phenoxy) is 1. The van der Waals surface area contributed by atoms with Gasteiger partial charge in [-0.05, 0) is 29.7 Å². The van der Waals surface area contributed by atoms with Crippen molar-refractivity contribution in [1.82, 2.24) is 15.6 Å². The quantitative estimate of drug-likeness (QED) is 0.301. The number of sulfonamides is 1. The van der Waals surface area contributed by atoms with Gasteiger partial charge in [0.15, 0.2) is 5.69 Å². The highest BCUT2D eigenvalue weighted by Gasteiger charge is 2.24. The molecule has 0 aliphatic rings. The molecular formula is C23H28N4O6S. The van der Waals surface area contributed by atoms with Gasteiger partial charge in [0.1, 0.15) is 12.0 Å². The Kier molecular flexibility index (Phi) is 8.63. The molecule has 0 unspecified atom stereocenters. The number of oxazole rings is 1. The minimum absolute atomic E-state index is 0.110. The molecule has 34 heavy (non-hydrogen) atoms. The summed E-state index contributed by atoms with van der Waals surface area (Å²) in [5.74, 6) is 0.143. The molecule has 2 atom stereocenters. The highest BCUT2D eigenvalue weighted by molar-refractivity contribution is 7.91. The highest BCUT2D eigenvalue weighted by Crippen LogP contribution is 2.13. The molecule has 0 spiro atoms. The largest absolute Gasteiger partial charge is 0.497 e. The summed E-state index contributed by atoms with van der Waals surface area (Å²) in [6, 6.07) is 16.1. The molecule has 0 saturated carbocycles. The number of nitrogens with zero attached hydrogens (tertiary/aromatic N) is 1. The standard InChI is InChI=1S/C23H28N4O6S/c1-32-18-10-6-9-17(11-18)13-24-14-21(28)19(12-16-7-4-3-5-8-16)25-22(29)20-15-33-23(26-20)27-34(2,30)31/h3-11,15,19,21,24,28H,12-14H2,1-2H3,(H,25,29)(H,26,27)/t19-,21+/m0/s1. The van der Waals surface area contributed by atoms with E-state index in [0.29, 0.717) is 13.0 Å². The molecule has 0 aliphatic carbocycles. The van der Waals surface area contributed by atoms with Crippen LogP contribution in [-0.4, -0.2) is 56.5 Å². The van der Waals surface area contributed by atoms with Crippen molar-refractivity contribution >= 4 is 21.9 Å². The van der Waals surface area contributed by atoms with E-state index in [0.717, 1.165) is 29.4 Å². The third kappa shape index (κ3) is 7.87. The maximum atomic E-state index is 12.7. The van der Waals surface area contributed by atoms with Crippen molar-refractivity contribution in [3.8, 4) is 5.75 Å². The zero-order valence-electron chi connectivity index (χ0n) is 18.9. The van der Waals surface area contributed by atoms with Crippen molar-refractivity contribution in [1.29, 1.82) is 0 Å². The second kappa shape index (κ2) is 11.6. The van der Waals surface area contributed by atoms with E-state index < -0.39 is 28.1 Å². The molecule has 0 radical (unpaired) electrons. The number of aliphatic hydroxyl groups excluding tert-OH is 1. The smallest absolute Gasteiger partial charge is 0.309 e. The molecule has 4 N–H and O–H groups in total. The van der Waals surface area contributed by atoms with Gasteiger partial charge in [0, 0.05) is 13.1 Å². The summed E-state index contributed by atoms with van der Waals surface area (Å²) in [6.07, 6.45) is 1.45. The zero-order chi connectivity index (χ0) is 24.6. The van der Waals surface area contributed by atoms with Gasteiger partial charge in [-0.25, -0.2) is 13.1 Å². The molecule has 1 amide bonds. The van der Waals surface area contributed by atoms with Crippen molar-refractivity contribution in [2.24, 2.45) is 0 Å². The molecule has 3 rings (SSSR count). The normalized spacial score (nSPS) is 13.1. The number of aliphatic hydroxyl groups is 1. The number of hydrogen-bond acceptors (Lipinski definition) is 8. The van der Waals surface area contributed by atoms with Crippen molar-refractivity contribution < 1.29 is 27.5 Å². The molecule has 10 nitrogen and oxygen atoms in total. The lowest BCUT2D eigenvalue weighted by atomic mass is 10.0. The predicted molar refractivity (Wildman–Crippen MR) is 127 cm³/mol. The Morgan fingerprint density at radius 3 is 2.59 bits per heavy atom. The first-order valence-electron chi connectivity index (χ1n) is 10.5. The van der Waals surface area contributed by atoms with Crippen LogP contribution >= 0.6 is 0 Å². The van der Waals surface area contributed by atoms with Gasteiger partial charge in [0.2, 0.25) is 10.0 Å². The number of amides is 1. The minimum Gasteiger partial charge on any atom is -0.497 e. The van der Waals surface area contributed by atoms with E-state index in [1.807, 2.05) is 54.6 Å². The summed E-state index contributed by atoms with van der Waals surface area (Å²) in [5.41, 5.74) is 1.81. The van der Waals surface area contributed by atoms with Crippen LogP contribution in [0.25, 0.3) is 0 Å². The Morgan fingerprint density at radius 1 is 1.15 bits per heavy atom. The highest BCUT2D eigenvalue weighted by atomic mass is 32.2. The van der Waals surface area contributed by atoms with Crippen LogP contribution in [0.15, 0.2) is 65.3 Å². The SMILES string of the molecule is COc1cccc(CNC[C@@H](O)[C@H](Cc2ccccc2)NC(=O)c2coc(NS(C)(=O)=O)n2)c1. The lowest BCUT2D eigenvalue weighted by molar-refractivity contribution is 0.0825. The van der Waals surface area contributed by atoms with E-state index in [1.54, 1.807) is 7.11 Å². The van der Waals surface area contributed by atoms with Crippen LogP contribution in [0.4, 0.5) is 6.01 Å². The van der Waals surface area contributed by atoms with Crippen LogP contribution in [0, 0.1) is 0 Å². The van der Waals surface area contributed by atoms with Gasteiger partial charge >= 0.3 is 6.01 Å². The number of aromatic nitrogens is 1. The number of nitrogens with one attached hydrogen (secondary N) is 3. The third-order valence-corrected chi connectivity index (χ3v) is 5.45. The first-order valence-corrected chi connectivity index (χ1v) is 12.4. The Labute approximate surface area is 198 Å². The molecule has 0 bridgehead atoms. The Hall–Kier alpha value is -3.41. The molecule has 3 aromatic rings. The number of anilines is 1. The van der Waals surface area contributed by atoms with Gasteiger partial charge in [-0.15, -0.1) is 0 Å². The van der Waals surface area contributed by atoms with Gasteiger partial charge in [-0.1, -0.05) is 42.5 Å². The Bertz CT molecular complexity index is 1180. The monoisotopic (exact) mass is 488 g/mol. The molecule has 0 saturated heterocycles. The number of rotatable bonds is 12. The molecule has 11 heteroatoms. The van der Waals surface area contributed by atoms with Crippen molar-refractivity contribution in [2.75, 3.05) is 24.6 Å². The van der Waals surface area contributed by atoms with Crippen LogP contribution in [0.1, 0.15) is 21.6 Å². The Balaban J connectivity index is 1.65. The fourth-order valence-electron chi connectivity index (χ4n) is 3.27. The van der Waals surface area contributed by atoms with Gasteiger partial charge in [0.05, 0.1) is 25.5 Å². The lowest BCUT2D eigenvalue weighted by Crippen LogP contribution is -2.48. The summed E-state index contributed by atoms with van der Waals surface area (Å²) in [7, 11) is -2.00. The van der Waals surface area contributed by atoms with Gasteiger partial charge < -0.3 is 24.9 Å². The van der Waals surface area contributed by atoms with E-state index >= 15 is 0 Å². The van der Waals surface area contributed by atoms with Crippen LogP contribution in [-0.2, 0) is 23.0 Å². The summed E-state index contributed by atoms with van der Waals surface area (Å²) < 4.78 is 35.0. The van der Waals surface area contributed by atoms with E-state index in [-0.39, 0.29) is 18.3 Å². The van der Waals surface area contributed by atoms with E-state index in [4.69, 9.17) is 9.15 Å². The molecule has 0 aliphatic heterocycles. The second-order valence-electron chi connectivity index (χ2n) is 7.73. The topological polar surface area (TPSA) is 143 Å². The van der Waals surface area contributed by atoms with Gasteiger partial charge in [0.25, 0.3) is 5.91 Å². The van der Waals surface area contributed by atoms with Crippen molar-refractivity contribution in [2.45, 2.75) is 25.1 Å². The predicted octanol–water partition coefficient (Wildman–Crippen LogP) is 1.55. The number of hydrogen-bond donors (Lipinski definition) is 4. The lowest BCUT2D eigenvalue weighted by Gasteiger charge is -2.24. The number of methoxy groups -OCH3 is 1. The molecule has 0 fully saturated rings. The average Bonchev–Trinajstić information content (AvgIpc) is 3.26. The summed E-state index contributed by atoms with van der Waals surface area (Å²) in [5, 5.41) is 16.8. The number of carbonyl (C=O) groups excluding carboxylic acids is 1. The van der Waals surface area contributed by atoms with Crippen LogP contribution in [0.2, 0.25) is 0 Å². The van der Waals surface area contributed by atoms with E-state index in [1.165, 1.54) is 0 Å². The van der Waals surface area contributed by atoms with Crippen molar-refractivity contribution in [3.63, 3.8) is 0 Å². The van der Waals surface area contributed by atoms with E-state index in [2.05, 4.69) is 20.3 Å². The van der Waals surface area contributed by atoms with Crippen LogP contribution in [0.5, 0.6) is 5.75 Å². The van der Waals surface area contributed by atoms with E-state index in [9.17, 15) is 18.3 Å². The van der Waals surface area contributed by atoms with Crippen LogP contribution < -0.4 is 20.1 Å². The zero-order valence-corrected chi connectivity index (χ0v) is 19.7. The summed E-state index contributed by atoms with van der Waals surface area (Å²) in [4.78, 5) is 16.6. The summed E-state index contributed by atoms with van der Waals surface area (Å²) in [6.45, 7) is 0.721. The number of benzene rings is 2. The fraction of sp³-hybridized carbons (Fsp3) is 0.304. The van der Waals surface area contributed by atoms with Crippen molar-refractivity contribution in [3.05, 3.63) is 77.7 Å². The van der Waals surface area contributed by atoms with Gasteiger partial charge in [-0.2, -0.15) is 4.98 Å². The maximum absolute atomic E-state index is 12.7. The first kappa shape index (κ1) is 25.2.